The summed E-state index contributed by atoms with van der Waals surface area (Å²) >= 11 is 0. The molecule has 21 heavy (non-hydrogen) atoms. The normalized spacial score (nSPS) is 11.9. The van der Waals surface area contributed by atoms with Crippen LogP contribution in [0.2, 0.25) is 0 Å². The van der Waals surface area contributed by atoms with Gasteiger partial charge in [0.1, 0.15) is 16.9 Å². The van der Waals surface area contributed by atoms with E-state index in [0.717, 1.165) is 0 Å². The molecule has 0 fully saturated rings. The van der Waals surface area contributed by atoms with Gasteiger partial charge in [0.25, 0.3) is 5.91 Å². The first kappa shape index (κ1) is 17.0. The molecular formula is C16H23NO4. The van der Waals surface area contributed by atoms with Gasteiger partial charge >= 0.3 is 5.97 Å². The van der Waals surface area contributed by atoms with Crippen molar-refractivity contribution in [2.45, 2.75) is 45.8 Å². The monoisotopic (exact) mass is 293 g/mol. The number of aliphatic carboxylic acids is 1. The molecule has 1 N–H and O–H groups in total. The minimum atomic E-state index is -1.27. The number of likely N-dealkylation sites (N-methyl/N-ethyl adjacent to an activating group) is 1. The molecule has 0 aliphatic heterocycles. The number of rotatable bonds is 4. The fourth-order valence-corrected chi connectivity index (χ4v) is 1.61. The van der Waals surface area contributed by atoms with Gasteiger partial charge in [-0.3, -0.25) is 4.79 Å². The van der Waals surface area contributed by atoms with Crippen molar-refractivity contribution in [3.63, 3.8) is 0 Å². The second-order valence-electron chi connectivity index (χ2n) is 6.47. The van der Waals surface area contributed by atoms with E-state index < -0.39 is 11.5 Å². The fraction of sp³-hybridized carbons (Fsp3) is 0.500. The summed E-state index contributed by atoms with van der Waals surface area (Å²) in [4.78, 5) is 24.7. The SMILES string of the molecule is CN(C(=O)c1ccc(OC(C)(C)C)cc1)C(C)(C)C(=O)O. The molecule has 0 saturated heterocycles. The number of carboxylic acid groups (broad SMARTS) is 1. The van der Waals surface area contributed by atoms with Crippen molar-refractivity contribution in [3.8, 4) is 5.75 Å². The molecule has 5 heteroatoms. The third-order valence-corrected chi connectivity index (χ3v) is 3.19. The highest BCUT2D eigenvalue weighted by Gasteiger charge is 2.35. The van der Waals surface area contributed by atoms with E-state index in [1.807, 2.05) is 20.8 Å². The van der Waals surface area contributed by atoms with Crippen molar-refractivity contribution in [1.82, 2.24) is 4.90 Å². The van der Waals surface area contributed by atoms with E-state index in [9.17, 15) is 9.59 Å². The second-order valence-corrected chi connectivity index (χ2v) is 6.47. The maximum absolute atomic E-state index is 12.3. The third kappa shape index (κ3) is 4.21. The number of carboxylic acids is 1. The molecule has 0 radical (unpaired) electrons. The number of amides is 1. The van der Waals surface area contributed by atoms with Gasteiger partial charge in [-0.2, -0.15) is 0 Å². The van der Waals surface area contributed by atoms with Gasteiger partial charge in [-0.25, -0.2) is 4.79 Å². The molecule has 0 aromatic heterocycles. The lowest BCUT2D eigenvalue weighted by Crippen LogP contribution is -2.50. The van der Waals surface area contributed by atoms with Gasteiger partial charge in [-0.05, 0) is 58.9 Å². The summed E-state index contributed by atoms with van der Waals surface area (Å²) in [5, 5.41) is 9.17. The predicted molar refractivity (Wildman–Crippen MR) is 80.6 cm³/mol. The van der Waals surface area contributed by atoms with Crippen LogP contribution in [0, 0.1) is 0 Å². The maximum atomic E-state index is 12.3. The Morgan fingerprint density at radius 2 is 1.52 bits per heavy atom. The van der Waals surface area contributed by atoms with E-state index >= 15 is 0 Å². The second kappa shape index (κ2) is 5.76. The lowest BCUT2D eigenvalue weighted by atomic mass is 10.0. The Bertz CT molecular complexity index is 526. The van der Waals surface area contributed by atoms with Gasteiger partial charge in [0, 0.05) is 12.6 Å². The van der Waals surface area contributed by atoms with Crippen LogP contribution in [0.5, 0.6) is 5.75 Å². The molecule has 0 aliphatic rings. The minimum absolute atomic E-state index is 0.312. The van der Waals surface area contributed by atoms with Crippen molar-refractivity contribution < 1.29 is 19.4 Å². The molecule has 0 heterocycles. The molecule has 116 valence electrons. The standard InChI is InChI=1S/C16H23NO4/c1-15(2,3)21-12-9-7-11(8-10-12)13(18)17(6)16(4,5)14(19)20/h7-10H,1-6H3,(H,19,20). The highest BCUT2D eigenvalue weighted by atomic mass is 16.5. The first-order chi connectivity index (χ1) is 9.45. The maximum Gasteiger partial charge on any atom is 0.329 e. The highest BCUT2D eigenvalue weighted by molar-refractivity contribution is 5.97. The Morgan fingerprint density at radius 3 is 1.90 bits per heavy atom. The number of benzene rings is 1. The molecule has 0 spiro atoms. The zero-order valence-electron chi connectivity index (χ0n) is 13.4. The molecule has 0 bridgehead atoms. The van der Waals surface area contributed by atoms with E-state index in [-0.39, 0.29) is 11.5 Å². The van der Waals surface area contributed by atoms with Crippen molar-refractivity contribution in [1.29, 1.82) is 0 Å². The molecular weight excluding hydrogens is 270 g/mol. The Balaban J connectivity index is 2.92. The molecule has 1 aromatic rings. The Hall–Kier alpha value is -2.04. The summed E-state index contributed by atoms with van der Waals surface area (Å²) < 4.78 is 5.68. The first-order valence-corrected chi connectivity index (χ1v) is 6.76. The average Bonchev–Trinajstić information content (AvgIpc) is 2.35. The minimum Gasteiger partial charge on any atom is -0.488 e. The van der Waals surface area contributed by atoms with Crippen LogP contribution in [0.1, 0.15) is 45.0 Å². The van der Waals surface area contributed by atoms with Crippen LogP contribution in [0.15, 0.2) is 24.3 Å². The lowest BCUT2D eigenvalue weighted by molar-refractivity contribution is -0.147. The predicted octanol–water partition coefficient (Wildman–Crippen LogP) is 2.80. The number of carbonyl (C=O) groups is 2. The van der Waals surface area contributed by atoms with Crippen molar-refractivity contribution >= 4 is 11.9 Å². The summed E-state index contributed by atoms with van der Waals surface area (Å²) in [6.45, 7) is 8.80. The van der Waals surface area contributed by atoms with Gasteiger partial charge in [0.15, 0.2) is 0 Å². The highest BCUT2D eigenvalue weighted by Crippen LogP contribution is 2.21. The molecule has 5 nitrogen and oxygen atoms in total. The van der Waals surface area contributed by atoms with Gasteiger partial charge in [-0.1, -0.05) is 0 Å². The van der Waals surface area contributed by atoms with Crippen LogP contribution in [0.25, 0.3) is 0 Å². The molecule has 0 saturated carbocycles. The van der Waals surface area contributed by atoms with Crippen LogP contribution in [0.4, 0.5) is 0 Å². The van der Waals surface area contributed by atoms with Gasteiger partial charge < -0.3 is 14.7 Å². The van der Waals surface area contributed by atoms with Crippen molar-refractivity contribution in [2.24, 2.45) is 0 Å². The van der Waals surface area contributed by atoms with Crippen molar-refractivity contribution in [2.75, 3.05) is 7.05 Å². The van der Waals surface area contributed by atoms with E-state index in [0.29, 0.717) is 11.3 Å². The Morgan fingerprint density at radius 1 is 1.05 bits per heavy atom. The number of hydrogen-bond acceptors (Lipinski definition) is 3. The zero-order chi connectivity index (χ0) is 16.4. The van der Waals surface area contributed by atoms with Crippen LogP contribution in [-0.2, 0) is 4.79 Å². The number of carbonyl (C=O) groups excluding carboxylic acids is 1. The van der Waals surface area contributed by atoms with Crippen molar-refractivity contribution in [3.05, 3.63) is 29.8 Å². The van der Waals surface area contributed by atoms with Gasteiger partial charge in [-0.15, -0.1) is 0 Å². The quantitative estimate of drug-likeness (QED) is 0.927. The summed E-state index contributed by atoms with van der Waals surface area (Å²) in [7, 11) is 1.48. The molecule has 1 aromatic carbocycles. The summed E-state index contributed by atoms with van der Waals surface area (Å²) in [5.41, 5.74) is -1.15. The Kier molecular flexibility index (Phi) is 4.66. The smallest absolute Gasteiger partial charge is 0.329 e. The number of ether oxygens (including phenoxy) is 1. The third-order valence-electron chi connectivity index (χ3n) is 3.19. The van der Waals surface area contributed by atoms with E-state index in [4.69, 9.17) is 9.84 Å². The Labute approximate surface area is 125 Å². The molecule has 0 atom stereocenters. The number of hydrogen-bond donors (Lipinski definition) is 1. The first-order valence-electron chi connectivity index (χ1n) is 6.76. The molecule has 0 unspecified atom stereocenters. The lowest BCUT2D eigenvalue weighted by Gasteiger charge is -2.31. The van der Waals surface area contributed by atoms with Crippen LogP contribution >= 0.6 is 0 Å². The average molecular weight is 293 g/mol. The number of nitrogens with zero attached hydrogens (tertiary/aromatic N) is 1. The largest absolute Gasteiger partial charge is 0.488 e. The van der Waals surface area contributed by atoms with Crippen LogP contribution in [0.3, 0.4) is 0 Å². The summed E-state index contributed by atoms with van der Waals surface area (Å²) in [6, 6.07) is 6.69. The van der Waals surface area contributed by atoms with Crippen LogP contribution < -0.4 is 4.74 Å². The van der Waals surface area contributed by atoms with Gasteiger partial charge in [0.05, 0.1) is 0 Å². The molecule has 0 aliphatic carbocycles. The zero-order valence-corrected chi connectivity index (χ0v) is 13.4. The van der Waals surface area contributed by atoms with E-state index in [1.54, 1.807) is 24.3 Å². The fourth-order valence-electron chi connectivity index (χ4n) is 1.61. The van der Waals surface area contributed by atoms with E-state index in [2.05, 4.69) is 0 Å². The van der Waals surface area contributed by atoms with Gasteiger partial charge in [0.2, 0.25) is 0 Å². The topological polar surface area (TPSA) is 66.8 Å². The molecule has 1 rings (SSSR count). The van der Waals surface area contributed by atoms with E-state index in [1.165, 1.54) is 25.8 Å². The molecule has 1 amide bonds. The summed E-state index contributed by atoms with van der Waals surface area (Å²) in [6.07, 6.45) is 0. The van der Waals surface area contributed by atoms with Crippen LogP contribution in [-0.4, -0.2) is 40.1 Å². The summed E-state index contributed by atoms with van der Waals surface area (Å²) in [5.74, 6) is -0.727.